The number of nitrogens with zero attached hydrogens (tertiary/aromatic N) is 2. The van der Waals surface area contributed by atoms with Crippen molar-refractivity contribution in [1.82, 2.24) is 9.80 Å². The van der Waals surface area contributed by atoms with Gasteiger partial charge < -0.3 is 10.0 Å². The van der Waals surface area contributed by atoms with Crippen molar-refractivity contribution in [3.05, 3.63) is 0 Å². The Labute approximate surface area is 131 Å². The topological polar surface area (TPSA) is 60.9 Å². The molecule has 0 aromatic carbocycles. The molecule has 4 atom stereocenters. The van der Waals surface area contributed by atoms with Gasteiger partial charge in [-0.05, 0) is 39.0 Å². The molecule has 0 radical (unpaired) electrons. The fourth-order valence-corrected chi connectivity index (χ4v) is 4.87. The number of aliphatic carboxylic acids is 1. The number of carbonyl (C=O) groups excluding carboxylic acids is 1. The van der Waals surface area contributed by atoms with E-state index in [9.17, 15) is 14.7 Å². The average molecular weight is 314 g/mol. The molecule has 0 bridgehead atoms. The fourth-order valence-electron chi connectivity index (χ4n) is 3.41. The minimum absolute atomic E-state index is 0.0417. The molecule has 0 spiro atoms. The molecular formula is C15H26N2O3S. The van der Waals surface area contributed by atoms with Gasteiger partial charge in [-0.1, -0.05) is 13.8 Å². The summed E-state index contributed by atoms with van der Waals surface area (Å²) >= 11 is 1.59. The summed E-state index contributed by atoms with van der Waals surface area (Å²) in [4.78, 5) is 28.1. The van der Waals surface area contributed by atoms with Gasteiger partial charge >= 0.3 is 12.0 Å². The maximum atomic E-state index is 13.0. The first-order chi connectivity index (χ1) is 9.84. The van der Waals surface area contributed by atoms with Gasteiger partial charge in [0, 0.05) is 17.8 Å². The molecule has 0 aromatic heterocycles. The molecule has 2 amide bonds. The van der Waals surface area contributed by atoms with Gasteiger partial charge in [0.25, 0.3) is 0 Å². The van der Waals surface area contributed by atoms with Gasteiger partial charge in [-0.15, -0.1) is 11.8 Å². The largest absolute Gasteiger partial charge is 0.480 e. The summed E-state index contributed by atoms with van der Waals surface area (Å²) in [6.07, 6.45) is 3.14. The second-order valence-electron chi connectivity index (χ2n) is 6.55. The monoisotopic (exact) mass is 314 g/mol. The third kappa shape index (κ3) is 3.15. The van der Waals surface area contributed by atoms with Crippen LogP contribution in [0.1, 0.15) is 47.0 Å². The normalized spacial score (nSPS) is 33.6. The third-order valence-electron chi connectivity index (χ3n) is 4.53. The predicted molar refractivity (Wildman–Crippen MR) is 84.4 cm³/mol. The number of hydrogen-bond donors (Lipinski definition) is 1. The Morgan fingerprint density at radius 3 is 2.19 bits per heavy atom. The smallest absolute Gasteiger partial charge is 0.327 e. The highest BCUT2D eigenvalue weighted by atomic mass is 32.2. The molecule has 6 heteroatoms. The average Bonchev–Trinajstić information content (AvgIpc) is 2.83. The van der Waals surface area contributed by atoms with E-state index in [-0.39, 0.29) is 29.4 Å². The summed E-state index contributed by atoms with van der Waals surface area (Å²) in [5.74, 6) is -0.157. The van der Waals surface area contributed by atoms with Crippen LogP contribution < -0.4 is 0 Å². The van der Waals surface area contributed by atoms with E-state index in [1.807, 2.05) is 18.7 Å². The maximum absolute atomic E-state index is 13.0. The van der Waals surface area contributed by atoms with Gasteiger partial charge in [-0.25, -0.2) is 9.59 Å². The molecule has 2 fully saturated rings. The van der Waals surface area contributed by atoms with Gasteiger partial charge in [-0.3, -0.25) is 4.90 Å². The molecule has 0 aromatic rings. The van der Waals surface area contributed by atoms with Crippen LogP contribution in [0.3, 0.4) is 0 Å². The lowest BCUT2D eigenvalue weighted by Crippen LogP contribution is -2.58. The van der Waals surface area contributed by atoms with E-state index in [1.54, 1.807) is 16.7 Å². The van der Waals surface area contributed by atoms with Crippen LogP contribution in [-0.2, 0) is 4.79 Å². The number of carbonyl (C=O) groups is 2. The number of thioether (sulfide) groups is 1. The van der Waals surface area contributed by atoms with Crippen molar-refractivity contribution in [2.45, 2.75) is 70.5 Å². The summed E-state index contributed by atoms with van der Waals surface area (Å²) in [6, 6.07) is -0.412. The molecule has 0 aliphatic carbocycles. The summed E-state index contributed by atoms with van der Waals surface area (Å²) < 4.78 is 0. The molecule has 2 saturated heterocycles. The second-order valence-corrected chi connectivity index (χ2v) is 7.70. The Morgan fingerprint density at radius 2 is 1.71 bits per heavy atom. The van der Waals surface area contributed by atoms with E-state index < -0.39 is 12.0 Å². The van der Waals surface area contributed by atoms with Crippen LogP contribution in [-0.4, -0.2) is 56.2 Å². The van der Waals surface area contributed by atoms with E-state index >= 15 is 0 Å². The second kappa shape index (κ2) is 6.46. The number of rotatable bonds is 2. The minimum atomic E-state index is -0.892. The van der Waals surface area contributed by atoms with Crippen molar-refractivity contribution in [2.75, 3.05) is 5.75 Å². The van der Waals surface area contributed by atoms with Crippen molar-refractivity contribution >= 4 is 23.8 Å². The van der Waals surface area contributed by atoms with Crippen LogP contribution in [0.2, 0.25) is 0 Å². The van der Waals surface area contributed by atoms with E-state index in [4.69, 9.17) is 0 Å². The summed E-state index contributed by atoms with van der Waals surface area (Å²) in [5.41, 5.74) is 0. The molecule has 2 unspecified atom stereocenters. The lowest BCUT2D eigenvalue weighted by Gasteiger charge is -2.43. The number of likely N-dealkylation sites (tertiary alicyclic amines) is 1. The van der Waals surface area contributed by atoms with Crippen LogP contribution in [0, 0.1) is 5.92 Å². The van der Waals surface area contributed by atoms with Crippen LogP contribution >= 0.6 is 11.8 Å². The fraction of sp³-hybridized carbons (Fsp3) is 0.867. The molecule has 0 saturated carbocycles. The molecule has 120 valence electrons. The van der Waals surface area contributed by atoms with E-state index in [0.29, 0.717) is 5.75 Å². The Kier molecular flexibility index (Phi) is 5.07. The zero-order valence-electron chi connectivity index (χ0n) is 13.3. The molecule has 2 rings (SSSR count). The first-order valence-corrected chi connectivity index (χ1v) is 8.84. The van der Waals surface area contributed by atoms with E-state index in [1.165, 1.54) is 0 Å². The zero-order valence-corrected chi connectivity index (χ0v) is 14.1. The number of carboxylic acid groups (broad SMARTS) is 1. The predicted octanol–water partition coefficient (Wildman–Crippen LogP) is 2.85. The molecule has 2 heterocycles. The summed E-state index contributed by atoms with van der Waals surface area (Å²) in [5, 5.41) is 9.39. The van der Waals surface area contributed by atoms with Gasteiger partial charge in [0.2, 0.25) is 0 Å². The molecule has 5 nitrogen and oxygen atoms in total. The van der Waals surface area contributed by atoms with Gasteiger partial charge in [0.05, 0.1) is 5.37 Å². The van der Waals surface area contributed by atoms with Gasteiger partial charge in [0.1, 0.15) is 6.04 Å². The van der Waals surface area contributed by atoms with Gasteiger partial charge in [-0.2, -0.15) is 0 Å². The quantitative estimate of drug-likeness (QED) is 0.851. The van der Waals surface area contributed by atoms with Crippen molar-refractivity contribution in [3.63, 3.8) is 0 Å². The minimum Gasteiger partial charge on any atom is -0.480 e. The van der Waals surface area contributed by atoms with Crippen LogP contribution in [0.15, 0.2) is 0 Å². The van der Waals surface area contributed by atoms with Crippen molar-refractivity contribution < 1.29 is 14.7 Å². The number of hydrogen-bond acceptors (Lipinski definition) is 3. The Morgan fingerprint density at radius 1 is 1.14 bits per heavy atom. The molecule has 2 aliphatic rings. The SMILES string of the molecule is CC(C)C1SCC(C(=O)O)N1C(=O)N1[C@H](C)CCC[C@@H]1C. The molecular weight excluding hydrogens is 288 g/mol. The highest BCUT2D eigenvalue weighted by molar-refractivity contribution is 8.00. The molecule has 21 heavy (non-hydrogen) atoms. The van der Waals surface area contributed by atoms with Crippen LogP contribution in [0.25, 0.3) is 0 Å². The standard InChI is InChI=1S/C15H26N2O3S/c1-9(2)13-17(12(8-21-13)14(18)19)15(20)16-10(3)6-5-7-11(16)4/h9-13H,5-8H2,1-4H3,(H,18,19)/t10-,11+,12?,13?. The third-order valence-corrected chi connectivity index (χ3v) is 6.15. The molecule has 1 N–H and O–H groups in total. The van der Waals surface area contributed by atoms with E-state index in [0.717, 1.165) is 19.3 Å². The highest BCUT2D eigenvalue weighted by Gasteiger charge is 2.46. The van der Waals surface area contributed by atoms with E-state index in [2.05, 4.69) is 13.8 Å². The Hall–Kier alpha value is -0.910. The van der Waals surface area contributed by atoms with Crippen LogP contribution in [0.4, 0.5) is 4.79 Å². The van der Waals surface area contributed by atoms with Crippen molar-refractivity contribution in [3.8, 4) is 0 Å². The van der Waals surface area contributed by atoms with Crippen LogP contribution in [0.5, 0.6) is 0 Å². The molecule has 2 aliphatic heterocycles. The highest BCUT2D eigenvalue weighted by Crippen LogP contribution is 2.36. The zero-order chi connectivity index (χ0) is 15.7. The van der Waals surface area contributed by atoms with Crippen molar-refractivity contribution in [2.24, 2.45) is 5.92 Å². The number of amides is 2. The first kappa shape index (κ1) is 16.5. The lowest BCUT2D eigenvalue weighted by molar-refractivity contribution is -0.141. The number of urea groups is 1. The Bertz CT molecular complexity index is 406. The number of piperidine rings is 1. The number of carboxylic acids is 1. The lowest BCUT2D eigenvalue weighted by atomic mass is 9.98. The maximum Gasteiger partial charge on any atom is 0.327 e. The van der Waals surface area contributed by atoms with Gasteiger partial charge in [0.15, 0.2) is 0 Å². The first-order valence-electron chi connectivity index (χ1n) is 7.79. The Balaban J connectivity index is 2.25. The summed E-state index contributed by atoms with van der Waals surface area (Å²) in [6.45, 7) is 8.23. The summed E-state index contributed by atoms with van der Waals surface area (Å²) in [7, 11) is 0. The van der Waals surface area contributed by atoms with Crippen molar-refractivity contribution in [1.29, 1.82) is 0 Å².